The van der Waals surface area contributed by atoms with Crippen molar-refractivity contribution in [2.45, 2.75) is 32.4 Å². The zero-order chi connectivity index (χ0) is 10.2. The number of aryl methyl sites for hydroxylation is 2. The molecule has 1 heterocycles. The van der Waals surface area contributed by atoms with E-state index in [1.54, 1.807) is 13.8 Å². The molecule has 1 aromatic heterocycles. The number of nitrogens with two attached hydrogens (primary N) is 1. The fourth-order valence-electron chi connectivity index (χ4n) is 1.10. The number of aromatic nitrogens is 2. The van der Waals surface area contributed by atoms with Crippen LogP contribution in [0.4, 0.5) is 0 Å². The molecule has 0 aromatic carbocycles. The van der Waals surface area contributed by atoms with Crippen LogP contribution in [-0.2, 0) is 7.05 Å². The molecule has 0 aliphatic heterocycles. The van der Waals surface area contributed by atoms with E-state index in [1.807, 2.05) is 24.7 Å². The van der Waals surface area contributed by atoms with E-state index in [-0.39, 0.29) is 0 Å². The Morgan fingerprint density at radius 1 is 1.62 bits per heavy atom. The summed E-state index contributed by atoms with van der Waals surface area (Å²) in [5.41, 5.74) is 5.63. The predicted octanol–water partition coefficient (Wildman–Crippen LogP) is 0.499. The lowest BCUT2D eigenvalue weighted by Gasteiger charge is -2.23. The summed E-state index contributed by atoms with van der Waals surface area (Å²) in [6, 6.07) is -0.438. The number of imidazole rings is 1. The van der Waals surface area contributed by atoms with Crippen LogP contribution >= 0.6 is 0 Å². The van der Waals surface area contributed by atoms with Gasteiger partial charge in [-0.25, -0.2) is 4.98 Å². The van der Waals surface area contributed by atoms with E-state index >= 15 is 0 Å². The minimum Gasteiger partial charge on any atom is -0.388 e. The Hall–Kier alpha value is -0.870. The molecular weight excluding hydrogens is 166 g/mol. The van der Waals surface area contributed by atoms with Crippen LogP contribution in [0.5, 0.6) is 0 Å². The van der Waals surface area contributed by atoms with Crippen molar-refractivity contribution in [1.29, 1.82) is 0 Å². The van der Waals surface area contributed by atoms with Crippen molar-refractivity contribution in [1.82, 2.24) is 9.55 Å². The molecule has 4 nitrogen and oxygen atoms in total. The first-order chi connectivity index (χ1) is 5.82. The first-order valence-corrected chi connectivity index (χ1v) is 4.30. The van der Waals surface area contributed by atoms with E-state index in [9.17, 15) is 5.11 Å². The molecule has 1 unspecified atom stereocenters. The van der Waals surface area contributed by atoms with Crippen molar-refractivity contribution in [3.8, 4) is 0 Å². The first kappa shape index (κ1) is 10.2. The maximum atomic E-state index is 9.67. The summed E-state index contributed by atoms with van der Waals surface area (Å²) in [6.07, 6.45) is 1.85. The van der Waals surface area contributed by atoms with Crippen LogP contribution in [0.25, 0.3) is 0 Å². The summed E-state index contributed by atoms with van der Waals surface area (Å²) in [6.45, 7) is 5.27. The molecule has 0 saturated heterocycles. The van der Waals surface area contributed by atoms with Gasteiger partial charge in [-0.15, -0.1) is 0 Å². The summed E-state index contributed by atoms with van der Waals surface area (Å²) in [5.74, 6) is 0.898. The third-order valence-corrected chi connectivity index (χ3v) is 2.21. The Balaban J connectivity index is 2.96. The minimum absolute atomic E-state index is 0.438. The lowest BCUT2D eigenvalue weighted by Crippen LogP contribution is -2.35. The van der Waals surface area contributed by atoms with Gasteiger partial charge in [-0.2, -0.15) is 0 Å². The normalized spacial score (nSPS) is 14.6. The smallest absolute Gasteiger partial charge is 0.105 e. The highest BCUT2D eigenvalue weighted by molar-refractivity contribution is 5.10. The number of hydrogen-bond donors (Lipinski definition) is 2. The van der Waals surface area contributed by atoms with Crippen molar-refractivity contribution in [2.75, 3.05) is 0 Å². The molecule has 0 amide bonds. The van der Waals surface area contributed by atoms with Gasteiger partial charge in [0.05, 0.1) is 17.3 Å². The Bertz CT molecular complexity index is 279. The largest absolute Gasteiger partial charge is 0.388 e. The summed E-state index contributed by atoms with van der Waals surface area (Å²) >= 11 is 0. The molecule has 1 rings (SSSR count). The second kappa shape index (κ2) is 3.12. The molecule has 0 aliphatic rings. The summed E-state index contributed by atoms with van der Waals surface area (Å²) in [5, 5.41) is 9.67. The Morgan fingerprint density at radius 3 is 2.46 bits per heavy atom. The van der Waals surface area contributed by atoms with Gasteiger partial charge in [0.25, 0.3) is 0 Å². The van der Waals surface area contributed by atoms with E-state index in [0.717, 1.165) is 11.5 Å². The van der Waals surface area contributed by atoms with Gasteiger partial charge in [-0.05, 0) is 20.8 Å². The fraction of sp³-hybridized carbons (Fsp3) is 0.667. The monoisotopic (exact) mass is 183 g/mol. The van der Waals surface area contributed by atoms with Crippen molar-refractivity contribution in [2.24, 2.45) is 12.8 Å². The average Bonchev–Trinajstić information content (AvgIpc) is 2.29. The zero-order valence-corrected chi connectivity index (χ0v) is 8.57. The second-order valence-electron chi connectivity index (χ2n) is 3.96. The Labute approximate surface area is 78.4 Å². The van der Waals surface area contributed by atoms with Gasteiger partial charge in [-0.1, -0.05) is 0 Å². The SMILES string of the molecule is Cc1nc(C(N)C(C)(C)O)cn1C. The number of aliphatic hydroxyl groups is 1. The van der Waals surface area contributed by atoms with E-state index < -0.39 is 11.6 Å². The fourth-order valence-corrected chi connectivity index (χ4v) is 1.10. The zero-order valence-electron chi connectivity index (χ0n) is 8.57. The van der Waals surface area contributed by atoms with Crippen molar-refractivity contribution >= 4 is 0 Å². The van der Waals surface area contributed by atoms with Crippen LogP contribution in [0, 0.1) is 6.92 Å². The second-order valence-corrected chi connectivity index (χ2v) is 3.96. The predicted molar refractivity (Wildman–Crippen MR) is 51.2 cm³/mol. The number of hydrogen-bond acceptors (Lipinski definition) is 3. The highest BCUT2D eigenvalue weighted by Gasteiger charge is 2.26. The lowest BCUT2D eigenvalue weighted by atomic mass is 9.98. The van der Waals surface area contributed by atoms with Crippen LogP contribution in [0.2, 0.25) is 0 Å². The van der Waals surface area contributed by atoms with Crippen molar-refractivity contribution in [3.05, 3.63) is 17.7 Å². The molecule has 0 fully saturated rings. The third-order valence-electron chi connectivity index (χ3n) is 2.21. The molecule has 3 N–H and O–H groups in total. The Morgan fingerprint density at radius 2 is 2.15 bits per heavy atom. The van der Waals surface area contributed by atoms with Crippen LogP contribution in [-0.4, -0.2) is 20.3 Å². The van der Waals surface area contributed by atoms with E-state index in [4.69, 9.17) is 5.73 Å². The van der Waals surface area contributed by atoms with E-state index in [0.29, 0.717) is 0 Å². The highest BCUT2D eigenvalue weighted by Crippen LogP contribution is 2.21. The number of nitrogens with zero attached hydrogens (tertiary/aromatic N) is 2. The van der Waals surface area contributed by atoms with Gasteiger partial charge in [0.1, 0.15) is 5.82 Å². The standard InChI is InChI=1S/C9H17N3O/c1-6-11-7(5-12(6)4)8(10)9(2,3)13/h5,8,13H,10H2,1-4H3. The van der Waals surface area contributed by atoms with Gasteiger partial charge in [-0.3, -0.25) is 0 Å². The van der Waals surface area contributed by atoms with Crippen LogP contribution in [0.3, 0.4) is 0 Å². The summed E-state index contributed by atoms with van der Waals surface area (Å²) < 4.78 is 1.89. The molecule has 0 radical (unpaired) electrons. The quantitative estimate of drug-likeness (QED) is 0.701. The lowest BCUT2D eigenvalue weighted by molar-refractivity contribution is 0.0504. The van der Waals surface area contributed by atoms with E-state index in [1.165, 1.54) is 0 Å². The molecule has 1 atom stereocenters. The molecule has 13 heavy (non-hydrogen) atoms. The molecule has 4 heteroatoms. The topological polar surface area (TPSA) is 64.1 Å². The van der Waals surface area contributed by atoms with Gasteiger partial charge >= 0.3 is 0 Å². The molecule has 0 spiro atoms. The summed E-state index contributed by atoms with van der Waals surface area (Å²) in [4.78, 5) is 4.25. The van der Waals surface area contributed by atoms with Gasteiger partial charge in [0.15, 0.2) is 0 Å². The average molecular weight is 183 g/mol. The highest BCUT2D eigenvalue weighted by atomic mass is 16.3. The van der Waals surface area contributed by atoms with Gasteiger partial charge in [0.2, 0.25) is 0 Å². The molecule has 0 saturated carbocycles. The molecule has 1 aromatic rings. The molecule has 0 aliphatic carbocycles. The summed E-state index contributed by atoms with van der Waals surface area (Å²) in [7, 11) is 1.91. The first-order valence-electron chi connectivity index (χ1n) is 4.30. The van der Waals surface area contributed by atoms with Gasteiger partial charge in [0, 0.05) is 13.2 Å². The molecule has 0 bridgehead atoms. The van der Waals surface area contributed by atoms with Crippen LogP contribution < -0.4 is 5.73 Å². The maximum Gasteiger partial charge on any atom is 0.105 e. The number of rotatable bonds is 2. The maximum absolute atomic E-state index is 9.67. The van der Waals surface area contributed by atoms with Gasteiger partial charge < -0.3 is 15.4 Å². The van der Waals surface area contributed by atoms with E-state index in [2.05, 4.69) is 4.98 Å². The molecular formula is C9H17N3O. The van der Waals surface area contributed by atoms with Crippen molar-refractivity contribution in [3.63, 3.8) is 0 Å². The minimum atomic E-state index is -0.930. The molecule has 74 valence electrons. The van der Waals surface area contributed by atoms with Crippen LogP contribution in [0.15, 0.2) is 6.20 Å². The third kappa shape index (κ3) is 2.08. The van der Waals surface area contributed by atoms with Crippen LogP contribution in [0.1, 0.15) is 31.4 Å². The van der Waals surface area contributed by atoms with Crippen molar-refractivity contribution < 1.29 is 5.11 Å². The Kier molecular flexibility index (Phi) is 2.45.